The highest BCUT2D eigenvalue weighted by Crippen LogP contribution is 2.24. The lowest BCUT2D eigenvalue weighted by Crippen LogP contribution is -2.00. The third-order valence-electron chi connectivity index (χ3n) is 2.52. The van der Waals surface area contributed by atoms with E-state index in [2.05, 4.69) is 15.2 Å². The zero-order chi connectivity index (χ0) is 12.7. The van der Waals surface area contributed by atoms with Crippen molar-refractivity contribution in [2.75, 3.05) is 0 Å². The third-order valence-corrected chi connectivity index (χ3v) is 2.52. The molecule has 0 atom stereocenters. The number of aryl methyl sites for hydroxylation is 1. The molecule has 0 saturated carbocycles. The molecule has 3 aromatic rings. The van der Waals surface area contributed by atoms with Crippen molar-refractivity contribution in [3.8, 4) is 11.3 Å². The molecule has 0 bridgehead atoms. The Hall–Kier alpha value is -2.70. The Labute approximate surface area is 101 Å². The van der Waals surface area contributed by atoms with Gasteiger partial charge < -0.3 is 9.52 Å². The first-order valence-electron chi connectivity index (χ1n) is 5.13. The Morgan fingerprint density at radius 3 is 3.00 bits per heavy atom. The van der Waals surface area contributed by atoms with Crippen LogP contribution in [0.2, 0.25) is 0 Å². The Morgan fingerprint density at radius 1 is 1.39 bits per heavy atom. The number of oxazole rings is 1. The van der Waals surface area contributed by atoms with Crippen molar-refractivity contribution in [1.82, 2.24) is 20.0 Å². The molecule has 0 aliphatic rings. The molecular formula is C11H8N4O3. The molecule has 0 fully saturated rings. The van der Waals surface area contributed by atoms with Crippen LogP contribution in [0.5, 0.6) is 0 Å². The topological polar surface area (TPSA) is 94.0 Å². The summed E-state index contributed by atoms with van der Waals surface area (Å²) in [4.78, 5) is 16.3. The van der Waals surface area contributed by atoms with Gasteiger partial charge in [0.1, 0.15) is 11.2 Å². The second-order valence-corrected chi connectivity index (χ2v) is 3.73. The predicted octanol–water partition coefficient (Wildman–Crippen LogP) is 1.32. The smallest absolute Gasteiger partial charge is 0.358 e. The molecule has 90 valence electrons. The lowest BCUT2D eigenvalue weighted by molar-refractivity contribution is 0.0690. The Balaban J connectivity index is 2.21. The summed E-state index contributed by atoms with van der Waals surface area (Å²) in [6.45, 7) is 0. The fourth-order valence-corrected chi connectivity index (χ4v) is 1.75. The standard InChI is InChI=1S/C11H8N4O3/c1-15-13-9(10(14-15)11(16)17)6-2-3-7-8(4-6)18-5-12-7/h2-5H,1H3,(H,16,17). The van der Waals surface area contributed by atoms with E-state index in [1.807, 2.05) is 0 Å². The van der Waals surface area contributed by atoms with E-state index in [9.17, 15) is 4.79 Å². The van der Waals surface area contributed by atoms with E-state index in [1.54, 1.807) is 25.2 Å². The quantitative estimate of drug-likeness (QED) is 0.730. The molecule has 3 rings (SSSR count). The maximum absolute atomic E-state index is 11.1. The summed E-state index contributed by atoms with van der Waals surface area (Å²) in [6.07, 6.45) is 1.34. The number of hydrogen-bond donors (Lipinski definition) is 1. The van der Waals surface area contributed by atoms with Crippen molar-refractivity contribution in [3.63, 3.8) is 0 Å². The molecule has 2 aromatic heterocycles. The van der Waals surface area contributed by atoms with Gasteiger partial charge in [0.15, 0.2) is 17.7 Å². The number of aromatic nitrogens is 4. The number of carboxylic acids is 1. The Bertz CT molecular complexity index is 744. The van der Waals surface area contributed by atoms with Crippen molar-refractivity contribution >= 4 is 17.1 Å². The highest BCUT2D eigenvalue weighted by molar-refractivity contribution is 5.93. The average Bonchev–Trinajstić information content (AvgIpc) is 2.93. The molecule has 0 unspecified atom stereocenters. The van der Waals surface area contributed by atoms with E-state index in [4.69, 9.17) is 9.52 Å². The lowest BCUT2D eigenvalue weighted by Gasteiger charge is -1.96. The maximum Gasteiger partial charge on any atom is 0.358 e. The summed E-state index contributed by atoms with van der Waals surface area (Å²) < 4.78 is 5.17. The van der Waals surface area contributed by atoms with Gasteiger partial charge in [0.2, 0.25) is 0 Å². The zero-order valence-electron chi connectivity index (χ0n) is 9.36. The predicted molar refractivity (Wildman–Crippen MR) is 61.0 cm³/mol. The molecule has 0 spiro atoms. The first-order chi connectivity index (χ1) is 8.65. The van der Waals surface area contributed by atoms with Gasteiger partial charge in [-0.25, -0.2) is 9.78 Å². The van der Waals surface area contributed by atoms with Crippen molar-refractivity contribution in [2.24, 2.45) is 7.05 Å². The Kier molecular flexibility index (Phi) is 2.12. The van der Waals surface area contributed by atoms with E-state index in [0.29, 0.717) is 22.4 Å². The third kappa shape index (κ3) is 1.53. The molecule has 7 heteroatoms. The van der Waals surface area contributed by atoms with E-state index in [-0.39, 0.29) is 5.69 Å². The number of benzene rings is 1. The molecule has 18 heavy (non-hydrogen) atoms. The van der Waals surface area contributed by atoms with Crippen LogP contribution in [-0.2, 0) is 7.05 Å². The van der Waals surface area contributed by atoms with Crippen molar-refractivity contribution in [2.45, 2.75) is 0 Å². The largest absolute Gasteiger partial charge is 0.476 e. The van der Waals surface area contributed by atoms with Gasteiger partial charge >= 0.3 is 5.97 Å². The lowest BCUT2D eigenvalue weighted by atomic mass is 10.1. The van der Waals surface area contributed by atoms with Crippen LogP contribution in [0.3, 0.4) is 0 Å². The van der Waals surface area contributed by atoms with Crippen LogP contribution < -0.4 is 0 Å². The van der Waals surface area contributed by atoms with Crippen LogP contribution in [0.25, 0.3) is 22.4 Å². The molecule has 0 amide bonds. The normalized spacial score (nSPS) is 10.9. The van der Waals surface area contributed by atoms with Crippen molar-refractivity contribution < 1.29 is 14.3 Å². The second kappa shape index (κ2) is 3.66. The summed E-state index contributed by atoms with van der Waals surface area (Å²) in [5.41, 5.74) is 2.14. The van der Waals surface area contributed by atoms with Gasteiger partial charge in [-0.15, -0.1) is 5.10 Å². The first-order valence-corrected chi connectivity index (χ1v) is 5.13. The molecule has 0 radical (unpaired) electrons. The van der Waals surface area contributed by atoms with Gasteiger partial charge in [0.05, 0.1) is 0 Å². The molecule has 0 aliphatic heterocycles. The summed E-state index contributed by atoms with van der Waals surface area (Å²) in [5, 5.41) is 16.9. The summed E-state index contributed by atoms with van der Waals surface area (Å²) >= 11 is 0. The molecular weight excluding hydrogens is 236 g/mol. The molecule has 1 aromatic carbocycles. The van der Waals surface area contributed by atoms with Gasteiger partial charge in [-0.2, -0.15) is 9.90 Å². The van der Waals surface area contributed by atoms with Crippen LogP contribution >= 0.6 is 0 Å². The van der Waals surface area contributed by atoms with Crippen LogP contribution in [0, 0.1) is 0 Å². The number of aromatic carboxylic acids is 1. The highest BCUT2D eigenvalue weighted by atomic mass is 16.4. The zero-order valence-corrected chi connectivity index (χ0v) is 9.36. The number of nitrogens with zero attached hydrogens (tertiary/aromatic N) is 4. The van der Waals surface area contributed by atoms with E-state index in [1.165, 1.54) is 11.2 Å². The van der Waals surface area contributed by atoms with Gasteiger partial charge in [0.25, 0.3) is 0 Å². The molecule has 1 N–H and O–H groups in total. The molecule has 0 aliphatic carbocycles. The van der Waals surface area contributed by atoms with Gasteiger partial charge in [0, 0.05) is 12.6 Å². The summed E-state index contributed by atoms with van der Waals surface area (Å²) in [7, 11) is 1.57. The fraction of sp³-hybridized carbons (Fsp3) is 0.0909. The summed E-state index contributed by atoms with van der Waals surface area (Å²) in [5.74, 6) is -1.12. The van der Waals surface area contributed by atoms with Gasteiger partial charge in [-0.3, -0.25) is 0 Å². The first kappa shape index (κ1) is 10.5. The molecule has 2 heterocycles. The number of carbonyl (C=O) groups is 1. The second-order valence-electron chi connectivity index (χ2n) is 3.73. The Morgan fingerprint density at radius 2 is 2.22 bits per heavy atom. The SMILES string of the molecule is Cn1nc(C(=O)O)c(-c2ccc3ncoc3c2)n1. The minimum Gasteiger partial charge on any atom is -0.476 e. The van der Waals surface area contributed by atoms with Crippen molar-refractivity contribution in [1.29, 1.82) is 0 Å². The van der Waals surface area contributed by atoms with E-state index in [0.717, 1.165) is 0 Å². The minimum absolute atomic E-state index is 0.0867. The number of carboxylic acid groups (broad SMARTS) is 1. The van der Waals surface area contributed by atoms with E-state index >= 15 is 0 Å². The van der Waals surface area contributed by atoms with Crippen LogP contribution in [0.1, 0.15) is 10.5 Å². The molecule has 7 nitrogen and oxygen atoms in total. The minimum atomic E-state index is -1.12. The van der Waals surface area contributed by atoms with Crippen LogP contribution in [0.4, 0.5) is 0 Å². The highest BCUT2D eigenvalue weighted by Gasteiger charge is 2.18. The maximum atomic E-state index is 11.1. The number of fused-ring (bicyclic) bond motifs is 1. The van der Waals surface area contributed by atoms with Gasteiger partial charge in [-0.05, 0) is 12.1 Å². The van der Waals surface area contributed by atoms with Gasteiger partial charge in [-0.1, -0.05) is 6.07 Å². The summed E-state index contributed by atoms with van der Waals surface area (Å²) in [6, 6.07) is 5.18. The van der Waals surface area contributed by atoms with Crippen molar-refractivity contribution in [3.05, 3.63) is 30.3 Å². The monoisotopic (exact) mass is 244 g/mol. The van der Waals surface area contributed by atoms with Crippen LogP contribution in [0.15, 0.2) is 29.0 Å². The van der Waals surface area contributed by atoms with E-state index < -0.39 is 5.97 Å². The average molecular weight is 244 g/mol. The number of hydrogen-bond acceptors (Lipinski definition) is 5. The van der Waals surface area contributed by atoms with Crippen LogP contribution in [-0.4, -0.2) is 31.1 Å². The number of rotatable bonds is 2. The molecule has 0 saturated heterocycles. The fourth-order valence-electron chi connectivity index (χ4n) is 1.75.